The number of carbonyl (C=O) groups excluding carboxylic acids is 1. The number of carbonyl (C=O) groups is 1. The van der Waals surface area contributed by atoms with Crippen LogP contribution in [0, 0.1) is 0 Å². The van der Waals surface area contributed by atoms with Crippen LogP contribution in [0.15, 0.2) is 0 Å². The van der Waals surface area contributed by atoms with Crippen LogP contribution in [0.2, 0.25) is 0 Å². The lowest BCUT2D eigenvalue weighted by Crippen LogP contribution is -2.56. The molecule has 22 heavy (non-hydrogen) atoms. The number of ether oxygens (including phenoxy) is 2. The molecule has 0 unspecified atom stereocenters. The highest BCUT2D eigenvalue weighted by Crippen LogP contribution is 2.21. The average Bonchev–Trinajstić information content (AvgIpc) is 2.36. The smallest absolute Gasteiger partial charge is 0.407 e. The summed E-state index contributed by atoms with van der Waals surface area (Å²) in [4.78, 5) is 11.7. The SMILES string of the molecule is CC(C)(C)OC(=O)NC1CCC(OCCNC2CNC2)CC1. The summed E-state index contributed by atoms with van der Waals surface area (Å²) in [7, 11) is 0. The Morgan fingerprint density at radius 3 is 2.36 bits per heavy atom. The van der Waals surface area contributed by atoms with E-state index < -0.39 is 5.60 Å². The fourth-order valence-corrected chi connectivity index (χ4v) is 2.77. The zero-order valence-corrected chi connectivity index (χ0v) is 14.1. The zero-order chi connectivity index (χ0) is 16.0. The van der Waals surface area contributed by atoms with Gasteiger partial charge in [0.15, 0.2) is 0 Å². The van der Waals surface area contributed by atoms with E-state index in [0.717, 1.165) is 51.9 Å². The molecule has 0 aromatic rings. The van der Waals surface area contributed by atoms with Gasteiger partial charge in [0.25, 0.3) is 0 Å². The molecule has 1 saturated heterocycles. The van der Waals surface area contributed by atoms with Gasteiger partial charge in [0, 0.05) is 31.7 Å². The van der Waals surface area contributed by atoms with Crippen molar-refractivity contribution in [2.75, 3.05) is 26.2 Å². The number of nitrogens with one attached hydrogen (secondary N) is 3. The van der Waals surface area contributed by atoms with Crippen LogP contribution in [0.5, 0.6) is 0 Å². The minimum absolute atomic E-state index is 0.217. The number of hydrogen-bond donors (Lipinski definition) is 3. The van der Waals surface area contributed by atoms with Crippen LogP contribution >= 0.6 is 0 Å². The first-order valence-electron chi connectivity index (χ1n) is 8.47. The van der Waals surface area contributed by atoms with Crippen LogP contribution in [0.1, 0.15) is 46.5 Å². The summed E-state index contributed by atoms with van der Waals surface area (Å²) in [5.41, 5.74) is -0.437. The summed E-state index contributed by atoms with van der Waals surface area (Å²) in [5.74, 6) is 0. The molecule has 0 aromatic carbocycles. The van der Waals surface area contributed by atoms with E-state index in [1.807, 2.05) is 20.8 Å². The second-order valence-corrected chi connectivity index (χ2v) is 7.30. The average molecular weight is 313 g/mol. The minimum atomic E-state index is -0.437. The Balaban J connectivity index is 1.52. The standard InChI is InChI=1S/C16H31N3O3/c1-16(2,3)22-15(20)19-12-4-6-14(7-5-12)21-9-8-18-13-10-17-11-13/h12-14,17-18H,4-11H2,1-3H3,(H,19,20). The van der Waals surface area contributed by atoms with Crippen molar-refractivity contribution in [2.45, 2.75) is 70.2 Å². The van der Waals surface area contributed by atoms with Gasteiger partial charge in [-0.3, -0.25) is 0 Å². The van der Waals surface area contributed by atoms with E-state index in [-0.39, 0.29) is 12.1 Å². The van der Waals surface area contributed by atoms with E-state index in [1.54, 1.807) is 0 Å². The molecule has 128 valence electrons. The van der Waals surface area contributed by atoms with Gasteiger partial charge in [-0.2, -0.15) is 0 Å². The maximum atomic E-state index is 11.7. The summed E-state index contributed by atoms with van der Waals surface area (Å²) in [5, 5.41) is 9.65. The maximum absolute atomic E-state index is 11.7. The number of hydrogen-bond acceptors (Lipinski definition) is 5. The predicted molar refractivity (Wildman–Crippen MR) is 86.0 cm³/mol. The predicted octanol–water partition coefficient (Wildman–Crippen LogP) is 1.40. The normalized spacial score (nSPS) is 26.3. The van der Waals surface area contributed by atoms with Gasteiger partial charge in [-0.1, -0.05) is 0 Å². The molecule has 0 aromatic heterocycles. The van der Waals surface area contributed by atoms with Gasteiger partial charge in [0.1, 0.15) is 5.60 Å². The third kappa shape index (κ3) is 6.50. The third-order valence-electron chi connectivity index (χ3n) is 4.07. The van der Waals surface area contributed by atoms with Crippen LogP contribution in [-0.4, -0.2) is 56.1 Å². The lowest BCUT2D eigenvalue weighted by Gasteiger charge is -2.31. The lowest BCUT2D eigenvalue weighted by molar-refractivity contribution is 0.0183. The van der Waals surface area contributed by atoms with Crippen molar-refractivity contribution in [2.24, 2.45) is 0 Å². The van der Waals surface area contributed by atoms with Gasteiger partial charge in [0.05, 0.1) is 12.7 Å². The highest BCUT2D eigenvalue weighted by molar-refractivity contribution is 5.68. The topological polar surface area (TPSA) is 71.6 Å². The first-order valence-corrected chi connectivity index (χ1v) is 8.47. The van der Waals surface area contributed by atoms with Gasteiger partial charge >= 0.3 is 6.09 Å². The van der Waals surface area contributed by atoms with Crippen LogP contribution in [0.3, 0.4) is 0 Å². The van der Waals surface area contributed by atoms with Crippen molar-refractivity contribution in [3.63, 3.8) is 0 Å². The second kappa shape index (κ2) is 8.13. The van der Waals surface area contributed by atoms with Gasteiger partial charge in [-0.15, -0.1) is 0 Å². The van der Waals surface area contributed by atoms with E-state index >= 15 is 0 Å². The van der Waals surface area contributed by atoms with E-state index in [2.05, 4.69) is 16.0 Å². The molecule has 1 aliphatic heterocycles. The van der Waals surface area contributed by atoms with Crippen LogP contribution in [-0.2, 0) is 9.47 Å². The Morgan fingerprint density at radius 2 is 1.82 bits per heavy atom. The summed E-state index contributed by atoms with van der Waals surface area (Å²) in [6.07, 6.45) is 3.96. The lowest BCUT2D eigenvalue weighted by atomic mass is 9.93. The van der Waals surface area contributed by atoms with Crippen molar-refractivity contribution in [1.29, 1.82) is 0 Å². The monoisotopic (exact) mass is 313 g/mol. The van der Waals surface area contributed by atoms with Crippen molar-refractivity contribution >= 4 is 6.09 Å². The first-order chi connectivity index (χ1) is 10.4. The first kappa shape index (κ1) is 17.5. The molecule has 2 aliphatic rings. The van der Waals surface area contributed by atoms with Gasteiger partial charge < -0.3 is 25.4 Å². The van der Waals surface area contributed by atoms with E-state index in [1.165, 1.54) is 0 Å². The molecule has 3 N–H and O–H groups in total. The Hall–Kier alpha value is -0.850. The minimum Gasteiger partial charge on any atom is -0.444 e. The quantitative estimate of drug-likeness (QED) is 0.647. The number of rotatable bonds is 6. The molecule has 0 spiro atoms. The molecule has 0 bridgehead atoms. The summed E-state index contributed by atoms with van der Waals surface area (Å²) >= 11 is 0. The molecule has 2 fully saturated rings. The van der Waals surface area contributed by atoms with E-state index in [0.29, 0.717) is 12.1 Å². The van der Waals surface area contributed by atoms with Gasteiger partial charge in [0.2, 0.25) is 0 Å². The van der Waals surface area contributed by atoms with Crippen molar-refractivity contribution < 1.29 is 14.3 Å². The molecule has 0 radical (unpaired) electrons. The number of alkyl carbamates (subject to hydrolysis) is 1. The van der Waals surface area contributed by atoms with Crippen LogP contribution in [0.4, 0.5) is 4.79 Å². The molecule has 6 nitrogen and oxygen atoms in total. The molecular weight excluding hydrogens is 282 g/mol. The Labute approximate surface area is 133 Å². The Kier molecular flexibility index (Phi) is 6.47. The second-order valence-electron chi connectivity index (χ2n) is 7.30. The molecule has 1 amide bonds. The maximum Gasteiger partial charge on any atom is 0.407 e. The highest BCUT2D eigenvalue weighted by Gasteiger charge is 2.25. The Bertz CT molecular complexity index is 345. The molecule has 1 heterocycles. The van der Waals surface area contributed by atoms with Crippen molar-refractivity contribution in [1.82, 2.24) is 16.0 Å². The van der Waals surface area contributed by atoms with Gasteiger partial charge in [-0.05, 0) is 46.5 Å². The van der Waals surface area contributed by atoms with Crippen molar-refractivity contribution in [3.8, 4) is 0 Å². The fourth-order valence-electron chi connectivity index (χ4n) is 2.77. The van der Waals surface area contributed by atoms with E-state index in [4.69, 9.17) is 9.47 Å². The summed E-state index contributed by atoms with van der Waals surface area (Å²) in [6.45, 7) is 9.47. The summed E-state index contributed by atoms with van der Waals surface area (Å²) in [6, 6.07) is 0.839. The Morgan fingerprint density at radius 1 is 1.14 bits per heavy atom. The molecule has 0 atom stereocenters. The largest absolute Gasteiger partial charge is 0.444 e. The molecular formula is C16H31N3O3. The molecule has 1 aliphatic carbocycles. The van der Waals surface area contributed by atoms with Crippen molar-refractivity contribution in [3.05, 3.63) is 0 Å². The third-order valence-corrected chi connectivity index (χ3v) is 4.07. The van der Waals surface area contributed by atoms with Gasteiger partial charge in [-0.25, -0.2) is 4.79 Å². The fraction of sp³-hybridized carbons (Fsp3) is 0.938. The summed E-state index contributed by atoms with van der Waals surface area (Å²) < 4.78 is 11.2. The number of amides is 1. The molecule has 1 saturated carbocycles. The molecule has 6 heteroatoms. The van der Waals surface area contributed by atoms with E-state index in [9.17, 15) is 4.79 Å². The van der Waals surface area contributed by atoms with Crippen LogP contribution < -0.4 is 16.0 Å². The zero-order valence-electron chi connectivity index (χ0n) is 14.1. The molecule has 2 rings (SSSR count). The van der Waals surface area contributed by atoms with Crippen LogP contribution in [0.25, 0.3) is 0 Å². The highest BCUT2D eigenvalue weighted by atomic mass is 16.6.